The minimum atomic E-state index is -0.727. The molecule has 0 aromatic heterocycles. The van der Waals surface area contributed by atoms with Gasteiger partial charge in [0.25, 0.3) is 0 Å². The van der Waals surface area contributed by atoms with Gasteiger partial charge in [-0.2, -0.15) is 0 Å². The fraction of sp³-hybridized carbons (Fsp3) is 0.833. The maximum absolute atomic E-state index is 10.1. The van der Waals surface area contributed by atoms with Crippen LogP contribution in [0.1, 0.15) is 19.3 Å². The van der Waals surface area contributed by atoms with E-state index >= 15 is 0 Å². The number of aliphatic carboxylic acids is 1. The van der Waals surface area contributed by atoms with E-state index in [0.717, 1.165) is 12.8 Å². The Labute approximate surface area is 53.9 Å². The molecule has 3 nitrogen and oxygen atoms in total. The van der Waals surface area contributed by atoms with Crippen molar-refractivity contribution in [2.75, 3.05) is 0 Å². The fourth-order valence-electron chi connectivity index (χ4n) is 1.07. The van der Waals surface area contributed by atoms with Crippen molar-refractivity contribution in [3.05, 3.63) is 0 Å². The molecule has 0 amide bonds. The number of carboxylic acid groups (broad SMARTS) is 1. The van der Waals surface area contributed by atoms with E-state index in [-0.39, 0.29) is 18.4 Å². The van der Waals surface area contributed by atoms with Gasteiger partial charge in [0.1, 0.15) is 0 Å². The molecule has 1 aliphatic rings. The Morgan fingerprint density at radius 2 is 2.33 bits per heavy atom. The first kappa shape index (κ1) is 6.55. The summed E-state index contributed by atoms with van der Waals surface area (Å²) in [5.41, 5.74) is 5.51. The molecule has 0 spiro atoms. The highest BCUT2D eigenvalue weighted by Crippen LogP contribution is 2.28. The average molecular weight is 129 g/mol. The third kappa shape index (κ3) is 1.42. The Morgan fingerprint density at radius 3 is 2.44 bits per heavy atom. The lowest BCUT2D eigenvalue weighted by Crippen LogP contribution is -2.40. The predicted molar refractivity (Wildman–Crippen MR) is 33.0 cm³/mol. The molecule has 1 saturated carbocycles. The zero-order chi connectivity index (χ0) is 6.85. The summed E-state index contributed by atoms with van der Waals surface area (Å²) in [4.78, 5) is 10.1. The minimum Gasteiger partial charge on any atom is -0.481 e. The molecule has 0 unspecified atom stereocenters. The van der Waals surface area contributed by atoms with Gasteiger partial charge in [0.15, 0.2) is 0 Å². The van der Waals surface area contributed by atoms with E-state index in [2.05, 4.69) is 0 Å². The molecule has 1 rings (SSSR count). The van der Waals surface area contributed by atoms with Crippen molar-refractivity contribution in [2.45, 2.75) is 25.3 Å². The van der Waals surface area contributed by atoms with Crippen molar-refractivity contribution >= 4 is 5.97 Å². The first-order valence-electron chi connectivity index (χ1n) is 3.17. The van der Waals surface area contributed by atoms with Crippen LogP contribution < -0.4 is 5.73 Å². The van der Waals surface area contributed by atoms with Crippen LogP contribution in [0.2, 0.25) is 0 Å². The fourth-order valence-corrected chi connectivity index (χ4v) is 1.07. The number of hydrogen-bond acceptors (Lipinski definition) is 2. The Balaban J connectivity index is 2.21. The topological polar surface area (TPSA) is 63.3 Å². The first-order valence-corrected chi connectivity index (χ1v) is 3.17. The molecular formula is C6H11NO2. The molecule has 0 aromatic carbocycles. The monoisotopic (exact) mass is 129 g/mol. The van der Waals surface area contributed by atoms with Crippen LogP contribution in [0.25, 0.3) is 0 Å². The van der Waals surface area contributed by atoms with Crippen LogP contribution in [0.3, 0.4) is 0 Å². The van der Waals surface area contributed by atoms with Gasteiger partial charge in [-0.05, 0) is 18.8 Å². The van der Waals surface area contributed by atoms with E-state index in [0.29, 0.717) is 0 Å². The van der Waals surface area contributed by atoms with Gasteiger partial charge < -0.3 is 10.8 Å². The maximum Gasteiger partial charge on any atom is 0.303 e. The van der Waals surface area contributed by atoms with Crippen LogP contribution in [0, 0.1) is 5.92 Å². The summed E-state index contributed by atoms with van der Waals surface area (Å²) in [6.45, 7) is 0. The van der Waals surface area contributed by atoms with Crippen molar-refractivity contribution in [3.63, 3.8) is 0 Å². The SMILES string of the molecule is N[C@H]1CC[C@@H]1CC(=O)O. The number of carbonyl (C=O) groups is 1. The van der Waals surface area contributed by atoms with Crippen LogP contribution in [0.5, 0.6) is 0 Å². The molecule has 3 heteroatoms. The molecule has 2 atom stereocenters. The molecule has 52 valence electrons. The number of rotatable bonds is 2. The molecule has 0 aromatic rings. The highest BCUT2D eigenvalue weighted by Gasteiger charge is 2.28. The van der Waals surface area contributed by atoms with Gasteiger partial charge in [-0.3, -0.25) is 4.79 Å². The summed E-state index contributed by atoms with van der Waals surface area (Å²) in [5, 5.41) is 8.31. The molecule has 0 radical (unpaired) electrons. The zero-order valence-corrected chi connectivity index (χ0v) is 5.21. The number of carboxylic acids is 1. The summed E-state index contributed by atoms with van der Waals surface area (Å²) < 4.78 is 0. The van der Waals surface area contributed by atoms with Crippen LogP contribution in [-0.4, -0.2) is 17.1 Å². The lowest BCUT2D eigenvalue weighted by atomic mass is 9.78. The molecule has 0 heterocycles. The van der Waals surface area contributed by atoms with E-state index in [1.54, 1.807) is 0 Å². The van der Waals surface area contributed by atoms with Gasteiger partial charge in [-0.1, -0.05) is 0 Å². The molecule has 0 aliphatic heterocycles. The van der Waals surface area contributed by atoms with Gasteiger partial charge in [0.05, 0.1) is 0 Å². The Bertz CT molecular complexity index is 124. The summed E-state index contributed by atoms with van der Waals surface area (Å²) >= 11 is 0. The van der Waals surface area contributed by atoms with Crippen LogP contribution in [0.4, 0.5) is 0 Å². The minimum absolute atomic E-state index is 0.154. The van der Waals surface area contributed by atoms with Gasteiger partial charge in [-0.25, -0.2) is 0 Å². The molecule has 3 N–H and O–H groups in total. The summed E-state index contributed by atoms with van der Waals surface area (Å²) in [5.74, 6) is -0.474. The van der Waals surface area contributed by atoms with Crippen molar-refractivity contribution < 1.29 is 9.90 Å². The summed E-state index contributed by atoms with van der Waals surface area (Å²) in [7, 11) is 0. The van der Waals surface area contributed by atoms with E-state index in [4.69, 9.17) is 10.8 Å². The molecular weight excluding hydrogens is 118 g/mol. The first-order chi connectivity index (χ1) is 4.20. The predicted octanol–water partition coefficient (Wildman–Crippen LogP) is 0.198. The molecule has 0 saturated heterocycles. The zero-order valence-electron chi connectivity index (χ0n) is 5.21. The largest absolute Gasteiger partial charge is 0.481 e. The molecule has 1 fully saturated rings. The number of hydrogen-bond donors (Lipinski definition) is 2. The highest BCUT2D eigenvalue weighted by molar-refractivity contribution is 5.67. The van der Waals surface area contributed by atoms with Gasteiger partial charge in [-0.15, -0.1) is 0 Å². The van der Waals surface area contributed by atoms with Crippen molar-refractivity contribution in [1.29, 1.82) is 0 Å². The molecule has 9 heavy (non-hydrogen) atoms. The van der Waals surface area contributed by atoms with E-state index in [1.807, 2.05) is 0 Å². The molecule has 0 bridgehead atoms. The lowest BCUT2D eigenvalue weighted by molar-refractivity contribution is -0.139. The van der Waals surface area contributed by atoms with Gasteiger partial charge >= 0.3 is 5.97 Å². The van der Waals surface area contributed by atoms with Gasteiger partial charge in [0.2, 0.25) is 0 Å². The van der Waals surface area contributed by atoms with Crippen molar-refractivity contribution in [2.24, 2.45) is 11.7 Å². The van der Waals surface area contributed by atoms with E-state index < -0.39 is 5.97 Å². The smallest absolute Gasteiger partial charge is 0.303 e. The molecule has 1 aliphatic carbocycles. The number of nitrogens with two attached hydrogens (primary N) is 1. The maximum atomic E-state index is 10.1. The second-order valence-electron chi connectivity index (χ2n) is 2.60. The van der Waals surface area contributed by atoms with Gasteiger partial charge in [0, 0.05) is 12.5 Å². The second kappa shape index (κ2) is 2.35. The third-order valence-electron chi connectivity index (χ3n) is 1.91. The summed E-state index contributed by atoms with van der Waals surface area (Å²) in [6.07, 6.45) is 2.24. The quantitative estimate of drug-likeness (QED) is 0.559. The van der Waals surface area contributed by atoms with Crippen LogP contribution in [-0.2, 0) is 4.79 Å². The van der Waals surface area contributed by atoms with Crippen molar-refractivity contribution in [3.8, 4) is 0 Å². The standard InChI is InChI=1S/C6H11NO2/c7-5-2-1-4(5)3-6(8)9/h4-5H,1-3,7H2,(H,8,9)/t4-,5+/m1/s1. The Morgan fingerprint density at radius 1 is 1.67 bits per heavy atom. The van der Waals surface area contributed by atoms with Crippen LogP contribution in [0.15, 0.2) is 0 Å². The third-order valence-corrected chi connectivity index (χ3v) is 1.91. The summed E-state index contributed by atoms with van der Waals surface area (Å²) in [6, 6.07) is 0.154. The lowest BCUT2D eigenvalue weighted by Gasteiger charge is -2.31. The average Bonchev–Trinajstić information content (AvgIpc) is 1.79. The van der Waals surface area contributed by atoms with Crippen LogP contribution >= 0.6 is 0 Å². The van der Waals surface area contributed by atoms with E-state index in [1.165, 1.54) is 0 Å². The normalized spacial score (nSPS) is 33.4. The Hall–Kier alpha value is -0.570. The Kier molecular flexibility index (Phi) is 1.71. The van der Waals surface area contributed by atoms with Crippen molar-refractivity contribution in [1.82, 2.24) is 0 Å². The van der Waals surface area contributed by atoms with E-state index in [9.17, 15) is 4.79 Å². The second-order valence-corrected chi connectivity index (χ2v) is 2.60. The highest BCUT2D eigenvalue weighted by atomic mass is 16.4.